The molecule has 0 spiro atoms. The van der Waals surface area contributed by atoms with Crippen molar-refractivity contribution in [2.45, 2.75) is 39.2 Å². The Hall–Kier alpha value is -1.16. The van der Waals surface area contributed by atoms with Crippen molar-refractivity contribution in [3.05, 3.63) is 17.6 Å². The van der Waals surface area contributed by atoms with Crippen LogP contribution in [0, 0.1) is 12.8 Å². The highest BCUT2D eigenvalue weighted by Gasteiger charge is 2.33. The lowest BCUT2D eigenvalue weighted by Crippen LogP contribution is -2.44. The standard InChI is InChI=1S/C14H22N4/c1-3-13-16-10(2)8-14(17-13)18-7-5-12-11(9-18)4-6-15-12/h8,11-12,15H,3-7,9H2,1-2H3. The van der Waals surface area contributed by atoms with Crippen LogP contribution in [0.2, 0.25) is 0 Å². The van der Waals surface area contributed by atoms with Gasteiger partial charge in [0, 0.05) is 37.3 Å². The van der Waals surface area contributed by atoms with Gasteiger partial charge in [0.1, 0.15) is 11.6 Å². The highest BCUT2D eigenvalue weighted by Crippen LogP contribution is 2.27. The summed E-state index contributed by atoms with van der Waals surface area (Å²) in [5, 5.41) is 3.61. The first-order valence-corrected chi connectivity index (χ1v) is 7.09. The largest absolute Gasteiger partial charge is 0.356 e. The molecule has 18 heavy (non-hydrogen) atoms. The van der Waals surface area contributed by atoms with Gasteiger partial charge in [-0.3, -0.25) is 0 Å². The molecule has 4 heteroatoms. The van der Waals surface area contributed by atoms with Gasteiger partial charge in [0.15, 0.2) is 0 Å². The molecule has 1 N–H and O–H groups in total. The van der Waals surface area contributed by atoms with Crippen LogP contribution in [-0.4, -0.2) is 35.6 Å². The Morgan fingerprint density at radius 2 is 2.28 bits per heavy atom. The quantitative estimate of drug-likeness (QED) is 0.859. The first kappa shape index (κ1) is 11.9. The lowest BCUT2D eigenvalue weighted by Gasteiger charge is -2.35. The fraction of sp³-hybridized carbons (Fsp3) is 0.714. The zero-order valence-electron chi connectivity index (χ0n) is 11.3. The van der Waals surface area contributed by atoms with Crippen molar-refractivity contribution in [3.63, 3.8) is 0 Å². The Morgan fingerprint density at radius 1 is 1.39 bits per heavy atom. The van der Waals surface area contributed by atoms with Crippen molar-refractivity contribution in [1.29, 1.82) is 0 Å². The predicted octanol–water partition coefficient (Wildman–Crippen LogP) is 1.54. The third kappa shape index (κ3) is 2.21. The molecule has 4 nitrogen and oxygen atoms in total. The average Bonchev–Trinajstić information content (AvgIpc) is 2.85. The summed E-state index contributed by atoms with van der Waals surface area (Å²) in [4.78, 5) is 11.6. The van der Waals surface area contributed by atoms with Crippen LogP contribution in [0.4, 0.5) is 5.82 Å². The molecule has 3 rings (SSSR count). The number of nitrogens with one attached hydrogen (secondary N) is 1. The Bertz CT molecular complexity index is 432. The minimum atomic E-state index is 0.745. The minimum Gasteiger partial charge on any atom is -0.356 e. The van der Waals surface area contributed by atoms with Crippen LogP contribution in [0.15, 0.2) is 6.07 Å². The van der Waals surface area contributed by atoms with E-state index in [0.717, 1.165) is 48.8 Å². The van der Waals surface area contributed by atoms with E-state index in [1.165, 1.54) is 19.4 Å². The number of nitrogens with zero attached hydrogens (tertiary/aromatic N) is 3. The van der Waals surface area contributed by atoms with Crippen LogP contribution in [0.5, 0.6) is 0 Å². The van der Waals surface area contributed by atoms with Gasteiger partial charge in [0.25, 0.3) is 0 Å². The topological polar surface area (TPSA) is 41.1 Å². The van der Waals surface area contributed by atoms with Crippen molar-refractivity contribution in [2.24, 2.45) is 5.92 Å². The molecule has 0 amide bonds. The van der Waals surface area contributed by atoms with Crippen molar-refractivity contribution in [2.75, 3.05) is 24.5 Å². The van der Waals surface area contributed by atoms with E-state index in [1.54, 1.807) is 0 Å². The molecule has 2 aliphatic heterocycles. The second-order valence-corrected chi connectivity index (χ2v) is 5.48. The fourth-order valence-corrected chi connectivity index (χ4v) is 3.19. The van der Waals surface area contributed by atoms with E-state index in [4.69, 9.17) is 0 Å². The molecule has 2 aliphatic rings. The summed E-state index contributed by atoms with van der Waals surface area (Å²) in [6.07, 6.45) is 3.47. The first-order chi connectivity index (χ1) is 8.76. The Labute approximate surface area is 109 Å². The number of rotatable bonds is 2. The van der Waals surface area contributed by atoms with Crippen LogP contribution in [-0.2, 0) is 6.42 Å². The van der Waals surface area contributed by atoms with E-state index in [2.05, 4.69) is 40.1 Å². The van der Waals surface area contributed by atoms with Crippen LogP contribution in [0.3, 0.4) is 0 Å². The van der Waals surface area contributed by atoms with Crippen molar-refractivity contribution < 1.29 is 0 Å². The van der Waals surface area contributed by atoms with Crippen molar-refractivity contribution in [3.8, 4) is 0 Å². The van der Waals surface area contributed by atoms with Gasteiger partial charge >= 0.3 is 0 Å². The fourth-order valence-electron chi connectivity index (χ4n) is 3.19. The van der Waals surface area contributed by atoms with Crippen LogP contribution in [0.25, 0.3) is 0 Å². The van der Waals surface area contributed by atoms with E-state index in [0.29, 0.717) is 0 Å². The summed E-state index contributed by atoms with van der Waals surface area (Å²) >= 11 is 0. The lowest BCUT2D eigenvalue weighted by molar-refractivity contribution is 0.374. The van der Waals surface area contributed by atoms with Gasteiger partial charge in [-0.25, -0.2) is 9.97 Å². The Kier molecular flexibility index (Phi) is 3.20. The van der Waals surface area contributed by atoms with E-state index < -0.39 is 0 Å². The maximum atomic E-state index is 4.68. The SMILES string of the molecule is CCc1nc(C)cc(N2CCC3NCCC3C2)n1. The second-order valence-electron chi connectivity index (χ2n) is 5.48. The van der Waals surface area contributed by atoms with Gasteiger partial charge in [-0.2, -0.15) is 0 Å². The number of aryl methyl sites for hydroxylation is 2. The van der Waals surface area contributed by atoms with Crippen LogP contribution in [0.1, 0.15) is 31.3 Å². The lowest BCUT2D eigenvalue weighted by atomic mass is 9.93. The van der Waals surface area contributed by atoms with Gasteiger partial charge in [-0.05, 0) is 32.2 Å². The van der Waals surface area contributed by atoms with E-state index in [9.17, 15) is 0 Å². The monoisotopic (exact) mass is 246 g/mol. The second kappa shape index (κ2) is 4.84. The molecule has 0 aliphatic carbocycles. The zero-order valence-corrected chi connectivity index (χ0v) is 11.3. The number of piperidine rings is 1. The molecule has 2 unspecified atom stereocenters. The van der Waals surface area contributed by atoms with Gasteiger partial charge in [-0.15, -0.1) is 0 Å². The maximum absolute atomic E-state index is 4.68. The number of hydrogen-bond acceptors (Lipinski definition) is 4. The van der Waals surface area contributed by atoms with Crippen LogP contribution < -0.4 is 10.2 Å². The van der Waals surface area contributed by atoms with E-state index >= 15 is 0 Å². The molecule has 0 radical (unpaired) electrons. The molecule has 1 aromatic heterocycles. The molecule has 2 fully saturated rings. The molecular formula is C14H22N4. The van der Waals surface area contributed by atoms with Gasteiger partial charge in [0.05, 0.1) is 0 Å². The Balaban J connectivity index is 1.80. The molecule has 3 heterocycles. The summed E-state index contributed by atoms with van der Waals surface area (Å²) in [7, 11) is 0. The predicted molar refractivity (Wildman–Crippen MR) is 72.9 cm³/mol. The highest BCUT2D eigenvalue weighted by atomic mass is 15.2. The summed E-state index contributed by atoms with van der Waals surface area (Å²) in [6, 6.07) is 2.87. The zero-order chi connectivity index (χ0) is 12.5. The molecule has 0 aromatic carbocycles. The molecule has 2 saturated heterocycles. The molecule has 2 atom stereocenters. The minimum absolute atomic E-state index is 0.745. The molecule has 98 valence electrons. The van der Waals surface area contributed by atoms with E-state index in [-0.39, 0.29) is 0 Å². The first-order valence-electron chi connectivity index (χ1n) is 7.09. The normalized spacial score (nSPS) is 27.3. The number of aromatic nitrogens is 2. The summed E-state index contributed by atoms with van der Waals surface area (Å²) in [5.41, 5.74) is 1.09. The third-order valence-electron chi connectivity index (χ3n) is 4.18. The number of fused-ring (bicyclic) bond motifs is 1. The number of hydrogen-bond donors (Lipinski definition) is 1. The summed E-state index contributed by atoms with van der Waals surface area (Å²) in [6.45, 7) is 7.64. The molecule has 1 aromatic rings. The molecular weight excluding hydrogens is 224 g/mol. The maximum Gasteiger partial charge on any atom is 0.132 e. The third-order valence-corrected chi connectivity index (χ3v) is 4.18. The van der Waals surface area contributed by atoms with Crippen molar-refractivity contribution in [1.82, 2.24) is 15.3 Å². The van der Waals surface area contributed by atoms with Gasteiger partial charge < -0.3 is 10.2 Å². The molecule has 0 bridgehead atoms. The van der Waals surface area contributed by atoms with Crippen molar-refractivity contribution >= 4 is 5.82 Å². The molecule has 0 saturated carbocycles. The average molecular weight is 246 g/mol. The van der Waals surface area contributed by atoms with Gasteiger partial charge in [0.2, 0.25) is 0 Å². The highest BCUT2D eigenvalue weighted by molar-refractivity contribution is 5.40. The number of anilines is 1. The van der Waals surface area contributed by atoms with Gasteiger partial charge in [-0.1, -0.05) is 6.92 Å². The summed E-state index contributed by atoms with van der Waals surface area (Å²) in [5.74, 6) is 2.90. The summed E-state index contributed by atoms with van der Waals surface area (Å²) < 4.78 is 0. The Morgan fingerprint density at radius 3 is 3.11 bits per heavy atom. The van der Waals surface area contributed by atoms with Crippen LogP contribution >= 0.6 is 0 Å². The smallest absolute Gasteiger partial charge is 0.132 e. The van der Waals surface area contributed by atoms with E-state index in [1.807, 2.05) is 0 Å².